The van der Waals surface area contributed by atoms with Crippen molar-refractivity contribution in [2.24, 2.45) is 0 Å². The molecule has 3 rings (SSSR count). The number of halogens is 1. The second-order valence-electron chi connectivity index (χ2n) is 4.44. The summed E-state index contributed by atoms with van der Waals surface area (Å²) in [5.74, 6) is 0.873. The third-order valence-corrected chi connectivity index (χ3v) is 3.53. The lowest BCUT2D eigenvalue weighted by molar-refractivity contribution is 0.399. The number of rotatable bonds is 2. The van der Waals surface area contributed by atoms with Crippen molar-refractivity contribution in [1.29, 1.82) is 0 Å². The van der Waals surface area contributed by atoms with Gasteiger partial charge in [0.2, 0.25) is 11.8 Å². The molecule has 0 aliphatic rings. The Morgan fingerprint density at radius 1 is 1.20 bits per heavy atom. The number of anilines is 1. The summed E-state index contributed by atoms with van der Waals surface area (Å²) in [4.78, 5) is 8.69. The minimum Gasteiger partial charge on any atom is -0.481 e. The van der Waals surface area contributed by atoms with Crippen LogP contribution in [0.5, 0.6) is 5.88 Å². The lowest BCUT2D eigenvalue weighted by Gasteiger charge is -2.08. The summed E-state index contributed by atoms with van der Waals surface area (Å²) in [5.41, 5.74) is 9.17. The van der Waals surface area contributed by atoms with E-state index in [1.54, 1.807) is 17.7 Å². The van der Waals surface area contributed by atoms with Crippen LogP contribution in [0.4, 0.5) is 5.95 Å². The highest BCUT2D eigenvalue weighted by molar-refractivity contribution is 6.31. The molecule has 0 radical (unpaired) electrons. The summed E-state index contributed by atoms with van der Waals surface area (Å²) in [6.45, 7) is 1.95. The molecule has 0 spiro atoms. The van der Waals surface area contributed by atoms with Gasteiger partial charge in [-0.05, 0) is 30.7 Å². The van der Waals surface area contributed by atoms with Crippen molar-refractivity contribution in [1.82, 2.24) is 14.5 Å². The Labute approximate surface area is 121 Å². The van der Waals surface area contributed by atoms with Gasteiger partial charge < -0.3 is 10.5 Å². The molecule has 0 saturated carbocycles. The number of hydrogen-bond donors (Lipinski definition) is 1. The first-order valence-electron chi connectivity index (χ1n) is 6.05. The minimum absolute atomic E-state index is 0.362. The summed E-state index contributed by atoms with van der Waals surface area (Å²) in [6, 6.07) is 9.28. The van der Waals surface area contributed by atoms with Gasteiger partial charge in [0.25, 0.3) is 0 Å². The van der Waals surface area contributed by atoms with E-state index in [-0.39, 0.29) is 0 Å². The van der Waals surface area contributed by atoms with Gasteiger partial charge in [-0.3, -0.25) is 4.57 Å². The van der Waals surface area contributed by atoms with Crippen LogP contribution < -0.4 is 10.5 Å². The number of nitrogen functional groups attached to an aromatic ring is 1. The zero-order valence-electron chi connectivity index (χ0n) is 11.1. The molecule has 102 valence electrons. The second kappa shape index (κ2) is 4.68. The maximum atomic E-state index is 6.17. The van der Waals surface area contributed by atoms with Gasteiger partial charge in [-0.15, -0.1) is 0 Å². The Morgan fingerprint density at radius 3 is 2.70 bits per heavy atom. The maximum absolute atomic E-state index is 6.17. The van der Waals surface area contributed by atoms with Crippen LogP contribution in [0.25, 0.3) is 16.9 Å². The number of nitrogens with zero attached hydrogens (tertiary/aromatic N) is 3. The van der Waals surface area contributed by atoms with Crippen LogP contribution in [0, 0.1) is 6.92 Å². The summed E-state index contributed by atoms with van der Waals surface area (Å²) in [5, 5.41) is 0.673. The molecule has 6 heteroatoms. The van der Waals surface area contributed by atoms with Gasteiger partial charge in [0.05, 0.1) is 12.8 Å². The van der Waals surface area contributed by atoms with Crippen LogP contribution in [0.3, 0.4) is 0 Å². The average molecular weight is 289 g/mol. The molecule has 0 aliphatic heterocycles. The fourth-order valence-electron chi connectivity index (χ4n) is 2.05. The smallest absolute Gasteiger partial charge is 0.215 e. The maximum Gasteiger partial charge on any atom is 0.215 e. The van der Waals surface area contributed by atoms with Crippen molar-refractivity contribution in [3.8, 4) is 11.6 Å². The van der Waals surface area contributed by atoms with E-state index in [0.717, 1.165) is 11.3 Å². The molecule has 1 aromatic carbocycles. The van der Waals surface area contributed by atoms with Crippen molar-refractivity contribution in [3.05, 3.63) is 40.9 Å². The summed E-state index contributed by atoms with van der Waals surface area (Å²) in [6.07, 6.45) is 0. The standard InChI is InChI=1S/C14H13ClN4O/c1-8-3-4-9(7-10(8)15)19-13-11(17-14(19)16)5-6-12(18-13)20-2/h3-7H,1-2H3,(H2,16,17). The molecule has 0 bridgehead atoms. The highest BCUT2D eigenvalue weighted by atomic mass is 35.5. The minimum atomic E-state index is 0.362. The van der Waals surface area contributed by atoms with Crippen molar-refractivity contribution >= 4 is 28.7 Å². The normalized spacial score (nSPS) is 10.9. The number of nitrogens with two attached hydrogens (primary N) is 1. The van der Waals surface area contributed by atoms with Gasteiger partial charge in [-0.25, -0.2) is 4.98 Å². The van der Waals surface area contributed by atoms with Gasteiger partial charge in [0.1, 0.15) is 5.52 Å². The van der Waals surface area contributed by atoms with Crippen molar-refractivity contribution in [3.63, 3.8) is 0 Å². The molecular formula is C14H13ClN4O. The number of aromatic nitrogens is 3. The number of hydrogen-bond acceptors (Lipinski definition) is 4. The average Bonchev–Trinajstić information content (AvgIpc) is 2.77. The number of ether oxygens (including phenoxy) is 1. The van der Waals surface area contributed by atoms with E-state index in [1.807, 2.05) is 31.2 Å². The first kappa shape index (κ1) is 12.7. The fourth-order valence-corrected chi connectivity index (χ4v) is 2.22. The van der Waals surface area contributed by atoms with Crippen molar-refractivity contribution in [2.45, 2.75) is 6.92 Å². The lowest BCUT2D eigenvalue weighted by Crippen LogP contribution is -2.02. The molecule has 0 saturated heterocycles. The monoisotopic (exact) mass is 288 g/mol. The predicted molar refractivity (Wildman–Crippen MR) is 79.6 cm³/mol. The second-order valence-corrected chi connectivity index (χ2v) is 4.84. The number of benzene rings is 1. The summed E-state index contributed by atoms with van der Waals surface area (Å²) >= 11 is 6.17. The first-order chi connectivity index (χ1) is 9.60. The highest BCUT2D eigenvalue weighted by Crippen LogP contribution is 2.26. The van der Waals surface area contributed by atoms with E-state index in [1.165, 1.54) is 0 Å². The van der Waals surface area contributed by atoms with E-state index in [4.69, 9.17) is 22.1 Å². The van der Waals surface area contributed by atoms with Gasteiger partial charge in [-0.2, -0.15) is 4.98 Å². The Hall–Kier alpha value is -2.27. The van der Waals surface area contributed by atoms with Gasteiger partial charge >= 0.3 is 0 Å². The molecule has 0 amide bonds. The van der Waals surface area contributed by atoms with E-state index in [9.17, 15) is 0 Å². The van der Waals surface area contributed by atoms with Crippen molar-refractivity contribution in [2.75, 3.05) is 12.8 Å². The molecule has 0 atom stereocenters. The quantitative estimate of drug-likeness (QED) is 0.787. The Balaban J connectivity index is 2.28. The Kier molecular flexibility index (Phi) is 2.99. The molecule has 0 unspecified atom stereocenters. The molecule has 0 aliphatic carbocycles. The number of fused-ring (bicyclic) bond motifs is 1. The largest absolute Gasteiger partial charge is 0.481 e. The van der Waals surface area contributed by atoms with Crippen LogP contribution in [0.15, 0.2) is 30.3 Å². The third-order valence-electron chi connectivity index (χ3n) is 3.13. The zero-order chi connectivity index (χ0) is 14.3. The van der Waals surface area contributed by atoms with Crippen LogP contribution >= 0.6 is 11.6 Å². The topological polar surface area (TPSA) is 66.0 Å². The number of pyridine rings is 1. The number of methoxy groups -OCH3 is 1. The van der Waals surface area contributed by atoms with Crippen LogP contribution in [0.1, 0.15) is 5.56 Å². The van der Waals surface area contributed by atoms with E-state index in [2.05, 4.69) is 9.97 Å². The van der Waals surface area contributed by atoms with Crippen LogP contribution in [-0.2, 0) is 0 Å². The van der Waals surface area contributed by atoms with E-state index >= 15 is 0 Å². The summed E-state index contributed by atoms with van der Waals surface area (Å²) < 4.78 is 6.90. The lowest BCUT2D eigenvalue weighted by atomic mass is 10.2. The Morgan fingerprint density at radius 2 is 2.00 bits per heavy atom. The first-order valence-corrected chi connectivity index (χ1v) is 6.43. The molecule has 2 N–H and O–H groups in total. The molecule has 5 nitrogen and oxygen atoms in total. The Bertz CT molecular complexity index is 797. The fraction of sp³-hybridized carbons (Fsp3) is 0.143. The SMILES string of the molecule is COc1ccc2nc(N)n(-c3ccc(C)c(Cl)c3)c2n1. The molecule has 3 aromatic rings. The summed E-state index contributed by atoms with van der Waals surface area (Å²) in [7, 11) is 1.57. The van der Waals surface area contributed by atoms with Crippen molar-refractivity contribution < 1.29 is 4.74 Å². The van der Waals surface area contributed by atoms with E-state index in [0.29, 0.717) is 28.0 Å². The van der Waals surface area contributed by atoms with E-state index < -0.39 is 0 Å². The third kappa shape index (κ3) is 1.96. The number of imidazole rings is 1. The van der Waals surface area contributed by atoms with Crippen LogP contribution in [-0.4, -0.2) is 21.6 Å². The predicted octanol–water partition coefficient (Wildman–Crippen LogP) is 2.97. The molecule has 2 aromatic heterocycles. The van der Waals surface area contributed by atoms with Gasteiger partial charge in [0.15, 0.2) is 5.65 Å². The van der Waals surface area contributed by atoms with Crippen LogP contribution in [0.2, 0.25) is 5.02 Å². The molecule has 20 heavy (non-hydrogen) atoms. The molecule has 0 fully saturated rings. The molecular weight excluding hydrogens is 276 g/mol. The number of aryl methyl sites for hydroxylation is 1. The highest BCUT2D eigenvalue weighted by Gasteiger charge is 2.13. The molecule has 2 heterocycles. The zero-order valence-corrected chi connectivity index (χ0v) is 11.8. The van der Waals surface area contributed by atoms with Gasteiger partial charge in [0, 0.05) is 11.1 Å². The van der Waals surface area contributed by atoms with Gasteiger partial charge in [-0.1, -0.05) is 17.7 Å².